The molecule has 0 aliphatic rings. The minimum atomic E-state index is -2.49. The molecule has 0 saturated heterocycles. The maximum Gasteiger partial charge on any atom is 0.274 e. The maximum atomic E-state index is 11.7. The van der Waals surface area contributed by atoms with E-state index in [9.17, 15) is 18.9 Å². The third kappa shape index (κ3) is 5.16. The number of aromatic nitrogens is 1. The van der Waals surface area contributed by atoms with E-state index in [0.29, 0.717) is 5.82 Å². The van der Waals surface area contributed by atoms with Crippen LogP contribution in [0.5, 0.6) is 0 Å². The standard InChI is InChI=1S/C9H11F2N3O3/c10-8(11)6-17-4-3-13-9-5-7(14(15)16)1-2-12-9/h1-2,5,8H,3-4,6H2,(H,12,13). The molecule has 1 heterocycles. The van der Waals surface area contributed by atoms with E-state index >= 15 is 0 Å². The number of nitrogens with zero attached hydrogens (tertiary/aromatic N) is 2. The summed E-state index contributed by atoms with van der Waals surface area (Å²) in [4.78, 5) is 13.7. The Balaban J connectivity index is 2.31. The predicted molar refractivity (Wildman–Crippen MR) is 56.2 cm³/mol. The SMILES string of the molecule is O=[N+]([O-])c1ccnc(NCCOCC(F)F)c1. The van der Waals surface area contributed by atoms with E-state index in [-0.39, 0.29) is 18.8 Å². The number of halogens is 2. The lowest BCUT2D eigenvalue weighted by Crippen LogP contribution is -2.13. The average Bonchev–Trinajstić information content (AvgIpc) is 2.28. The molecule has 1 aromatic rings. The van der Waals surface area contributed by atoms with Gasteiger partial charge in [0.15, 0.2) is 0 Å². The topological polar surface area (TPSA) is 77.3 Å². The van der Waals surface area contributed by atoms with Crippen molar-refractivity contribution < 1.29 is 18.4 Å². The van der Waals surface area contributed by atoms with Gasteiger partial charge in [0, 0.05) is 18.8 Å². The zero-order valence-electron chi connectivity index (χ0n) is 8.81. The Hall–Kier alpha value is -1.83. The highest BCUT2D eigenvalue weighted by molar-refractivity contribution is 5.44. The second-order valence-corrected chi connectivity index (χ2v) is 3.05. The monoisotopic (exact) mass is 247 g/mol. The number of pyridine rings is 1. The molecule has 0 aliphatic heterocycles. The van der Waals surface area contributed by atoms with Gasteiger partial charge < -0.3 is 10.1 Å². The normalized spacial score (nSPS) is 10.5. The second kappa shape index (κ2) is 6.69. The zero-order chi connectivity index (χ0) is 12.7. The summed E-state index contributed by atoms with van der Waals surface area (Å²) in [6.07, 6.45) is -1.20. The fraction of sp³-hybridized carbons (Fsp3) is 0.444. The summed E-state index contributed by atoms with van der Waals surface area (Å²) < 4.78 is 28.0. The molecular weight excluding hydrogens is 236 g/mol. The summed E-state index contributed by atoms with van der Waals surface area (Å²) in [5.41, 5.74) is -0.0870. The molecule has 0 aromatic carbocycles. The van der Waals surface area contributed by atoms with Gasteiger partial charge in [-0.15, -0.1) is 0 Å². The van der Waals surface area contributed by atoms with Crippen molar-refractivity contribution in [3.8, 4) is 0 Å². The summed E-state index contributed by atoms with van der Waals surface area (Å²) in [6, 6.07) is 2.52. The van der Waals surface area contributed by atoms with Crippen molar-refractivity contribution in [2.45, 2.75) is 6.43 Å². The highest BCUT2D eigenvalue weighted by atomic mass is 19.3. The molecular formula is C9H11F2N3O3. The van der Waals surface area contributed by atoms with Crippen LogP contribution in [0.15, 0.2) is 18.3 Å². The molecule has 17 heavy (non-hydrogen) atoms. The number of hydrogen-bond acceptors (Lipinski definition) is 5. The second-order valence-electron chi connectivity index (χ2n) is 3.05. The van der Waals surface area contributed by atoms with Crippen molar-refractivity contribution >= 4 is 11.5 Å². The highest BCUT2D eigenvalue weighted by Gasteiger charge is 2.06. The molecule has 0 bridgehead atoms. The van der Waals surface area contributed by atoms with Crippen LogP contribution in [0.1, 0.15) is 0 Å². The molecule has 0 saturated carbocycles. The van der Waals surface area contributed by atoms with Crippen LogP contribution in [-0.4, -0.2) is 36.1 Å². The Morgan fingerprint density at radius 1 is 1.59 bits per heavy atom. The van der Waals surface area contributed by atoms with E-state index in [2.05, 4.69) is 15.0 Å². The number of alkyl halides is 2. The Labute approximate surface area is 95.8 Å². The molecule has 6 nitrogen and oxygen atoms in total. The number of nitrogens with one attached hydrogen (secondary N) is 1. The van der Waals surface area contributed by atoms with Gasteiger partial charge in [-0.1, -0.05) is 0 Å². The Bertz CT molecular complexity index is 376. The van der Waals surface area contributed by atoms with Crippen LogP contribution >= 0.6 is 0 Å². The zero-order valence-corrected chi connectivity index (χ0v) is 8.81. The van der Waals surface area contributed by atoms with Gasteiger partial charge in [-0.3, -0.25) is 10.1 Å². The molecule has 94 valence electrons. The first-order valence-electron chi connectivity index (χ1n) is 4.80. The minimum Gasteiger partial charge on any atom is -0.374 e. The van der Waals surface area contributed by atoms with E-state index in [1.54, 1.807) is 0 Å². The largest absolute Gasteiger partial charge is 0.374 e. The molecule has 1 N–H and O–H groups in total. The first-order chi connectivity index (χ1) is 8.09. The Morgan fingerprint density at radius 2 is 2.35 bits per heavy atom. The van der Waals surface area contributed by atoms with E-state index in [1.807, 2.05) is 0 Å². The molecule has 1 rings (SSSR count). The number of ether oxygens (including phenoxy) is 1. The molecule has 0 atom stereocenters. The van der Waals surface area contributed by atoms with E-state index in [0.717, 1.165) is 0 Å². The van der Waals surface area contributed by atoms with Gasteiger partial charge in [0.1, 0.15) is 12.4 Å². The summed E-state index contributed by atoms with van der Waals surface area (Å²) in [7, 11) is 0. The van der Waals surface area contributed by atoms with Gasteiger partial charge in [-0.05, 0) is 0 Å². The third-order valence-corrected chi connectivity index (χ3v) is 1.75. The quantitative estimate of drug-likeness (QED) is 0.450. The molecule has 1 aromatic heterocycles. The molecule has 0 radical (unpaired) electrons. The van der Waals surface area contributed by atoms with E-state index < -0.39 is 18.0 Å². The Morgan fingerprint density at radius 3 is 3.00 bits per heavy atom. The fourth-order valence-corrected chi connectivity index (χ4v) is 1.05. The van der Waals surface area contributed by atoms with Gasteiger partial charge in [-0.25, -0.2) is 13.8 Å². The van der Waals surface area contributed by atoms with Crippen LogP contribution < -0.4 is 5.32 Å². The summed E-state index contributed by atoms with van der Waals surface area (Å²) in [5.74, 6) is 0.305. The molecule has 0 amide bonds. The summed E-state index contributed by atoms with van der Waals surface area (Å²) in [6.45, 7) is -0.292. The van der Waals surface area contributed by atoms with Crippen molar-refractivity contribution in [2.24, 2.45) is 0 Å². The van der Waals surface area contributed by atoms with Crippen molar-refractivity contribution in [1.82, 2.24) is 4.98 Å². The predicted octanol–water partition coefficient (Wildman–Crippen LogP) is 1.68. The van der Waals surface area contributed by atoms with E-state index in [1.165, 1.54) is 18.3 Å². The summed E-state index contributed by atoms with van der Waals surface area (Å²) >= 11 is 0. The average molecular weight is 247 g/mol. The highest BCUT2D eigenvalue weighted by Crippen LogP contribution is 2.13. The van der Waals surface area contributed by atoms with Crippen LogP contribution in [-0.2, 0) is 4.74 Å². The van der Waals surface area contributed by atoms with Crippen molar-refractivity contribution in [3.63, 3.8) is 0 Å². The molecule has 8 heteroatoms. The Kier molecular flexibility index (Phi) is 5.21. The smallest absolute Gasteiger partial charge is 0.274 e. The first-order valence-corrected chi connectivity index (χ1v) is 4.80. The van der Waals surface area contributed by atoms with Crippen molar-refractivity contribution in [1.29, 1.82) is 0 Å². The lowest BCUT2D eigenvalue weighted by atomic mass is 10.4. The van der Waals surface area contributed by atoms with Crippen LogP contribution in [0.25, 0.3) is 0 Å². The maximum absolute atomic E-state index is 11.7. The van der Waals surface area contributed by atoms with Crippen LogP contribution in [0.3, 0.4) is 0 Å². The minimum absolute atomic E-state index is 0.0781. The van der Waals surface area contributed by atoms with E-state index in [4.69, 9.17) is 0 Å². The number of rotatable bonds is 7. The van der Waals surface area contributed by atoms with Gasteiger partial charge in [0.25, 0.3) is 12.1 Å². The van der Waals surface area contributed by atoms with Crippen molar-refractivity contribution in [3.05, 3.63) is 28.4 Å². The first kappa shape index (κ1) is 13.2. The van der Waals surface area contributed by atoms with Crippen LogP contribution in [0.2, 0.25) is 0 Å². The van der Waals surface area contributed by atoms with Gasteiger partial charge in [-0.2, -0.15) is 0 Å². The lowest BCUT2D eigenvalue weighted by Gasteiger charge is -2.05. The fourth-order valence-electron chi connectivity index (χ4n) is 1.05. The van der Waals surface area contributed by atoms with Gasteiger partial charge >= 0.3 is 0 Å². The molecule has 0 unspecified atom stereocenters. The molecule has 0 fully saturated rings. The van der Waals surface area contributed by atoms with Crippen molar-refractivity contribution in [2.75, 3.05) is 25.1 Å². The number of anilines is 1. The number of nitro groups is 1. The third-order valence-electron chi connectivity index (χ3n) is 1.75. The molecule has 0 aliphatic carbocycles. The lowest BCUT2D eigenvalue weighted by molar-refractivity contribution is -0.384. The van der Waals surface area contributed by atoms with Crippen LogP contribution in [0, 0.1) is 10.1 Å². The van der Waals surface area contributed by atoms with Crippen LogP contribution in [0.4, 0.5) is 20.3 Å². The summed E-state index contributed by atoms with van der Waals surface area (Å²) in [5, 5.41) is 13.2. The van der Waals surface area contributed by atoms with Gasteiger partial charge in [0.2, 0.25) is 0 Å². The number of hydrogen-bond donors (Lipinski definition) is 1. The van der Waals surface area contributed by atoms with Gasteiger partial charge in [0.05, 0.1) is 17.6 Å². The molecule has 0 spiro atoms.